The molecule has 0 spiro atoms. The molecule has 1 unspecified atom stereocenters. The van der Waals surface area contributed by atoms with Crippen molar-refractivity contribution in [3.05, 3.63) is 0 Å². The zero-order valence-electron chi connectivity index (χ0n) is 5.93. The van der Waals surface area contributed by atoms with Crippen LogP contribution in [0, 0.1) is 0 Å². The first-order chi connectivity index (χ1) is 4.57. The Labute approximate surface area is 77.6 Å². The highest BCUT2D eigenvalue weighted by Gasteiger charge is 2.15. The van der Waals surface area contributed by atoms with Crippen molar-refractivity contribution < 1.29 is 9.53 Å². The number of ether oxygens (including phenoxy) is 1. The summed E-state index contributed by atoms with van der Waals surface area (Å²) in [5.74, 6) is -0.216. The van der Waals surface area contributed by atoms with Gasteiger partial charge in [-0.05, 0) is 13.8 Å². The number of rotatable bonds is 3. The highest BCUT2D eigenvalue weighted by Crippen LogP contribution is 2.06. The van der Waals surface area contributed by atoms with Crippen LogP contribution in [0.15, 0.2) is 0 Å². The fraction of sp³-hybridized carbons (Fsp3) is 0.833. The van der Waals surface area contributed by atoms with Crippen LogP contribution in [-0.2, 0) is 9.53 Å². The number of hydrogen-bond acceptors (Lipinski definition) is 2. The molecule has 0 aliphatic rings. The Morgan fingerprint density at radius 1 is 1.60 bits per heavy atom. The molecule has 0 aliphatic heterocycles. The van der Waals surface area contributed by atoms with Crippen LogP contribution in [0.4, 0.5) is 0 Å². The monoisotopic (exact) mass is 272 g/mol. The maximum atomic E-state index is 10.9. The lowest BCUT2D eigenvalue weighted by Crippen LogP contribution is -2.21. The molecule has 0 heterocycles. The quantitative estimate of drug-likeness (QED) is 0.582. The van der Waals surface area contributed by atoms with Crippen molar-refractivity contribution in [1.29, 1.82) is 0 Å². The van der Waals surface area contributed by atoms with Gasteiger partial charge in [-0.2, -0.15) is 0 Å². The zero-order valence-corrected chi connectivity index (χ0v) is 9.11. The van der Waals surface area contributed by atoms with Gasteiger partial charge >= 0.3 is 5.97 Å². The molecule has 1 atom stereocenters. The molecular formula is C6H10Br2O2. The molecule has 60 valence electrons. The van der Waals surface area contributed by atoms with Crippen molar-refractivity contribution in [2.75, 3.05) is 5.33 Å². The smallest absolute Gasteiger partial charge is 0.320 e. The van der Waals surface area contributed by atoms with Crippen molar-refractivity contribution in [3.63, 3.8) is 0 Å². The molecule has 0 aromatic rings. The third-order valence-electron chi connectivity index (χ3n) is 0.743. The van der Waals surface area contributed by atoms with Gasteiger partial charge in [-0.15, -0.1) is 0 Å². The van der Waals surface area contributed by atoms with Crippen LogP contribution in [0.2, 0.25) is 0 Å². The van der Waals surface area contributed by atoms with Crippen LogP contribution in [0.25, 0.3) is 0 Å². The first-order valence-electron chi connectivity index (χ1n) is 2.98. The minimum absolute atomic E-state index is 0.0356. The van der Waals surface area contributed by atoms with E-state index in [-0.39, 0.29) is 16.9 Å². The summed E-state index contributed by atoms with van der Waals surface area (Å²) in [5, 5.41) is 0.582. The second-order valence-corrected chi connectivity index (χ2v) is 3.86. The largest absolute Gasteiger partial charge is 0.462 e. The van der Waals surface area contributed by atoms with Crippen LogP contribution in [0.1, 0.15) is 13.8 Å². The molecule has 0 saturated carbocycles. The lowest BCUT2D eigenvalue weighted by Gasteiger charge is -2.09. The normalized spacial score (nSPS) is 13.3. The third-order valence-corrected chi connectivity index (χ3v) is 2.96. The van der Waals surface area contributed by atoms with Crippen molar-refractivity contribution >= 4 is 37.8 Å². The Bertz CT molecular complexity index is 114. The van der Waals surface area contributed by atoms with E-state index in [1.807, 2.05) is 13.8 Å². The average Bonchev–Trinajstić information content (AvgIpc) is 1.85. The molecule has 0 radical (unpaired) electrons. The Kier molecular flexibility index (Phi) is 5.35. The molecule has 0 N–H and O–H groups in total. The summed E-state index contributed by atoms with van der Waals surface area (Å²) in [6, 6.07) is 0. The third kappa shape index (κ3) is 4.28. The highest BCUT2D eigenvalue weighted by molar-refractivity contribution is 9.12. The van der Waals surface area contributed by atoms with E-state index in [1.54, 1.807) is 0 Å². The van der Waals surface area contributed by atoms with E-state index in [1.165, 1.54) is 0 Å². The number of hydrogen-bond donors (Lipinski definition) is 0. The van der Waals surface area contributed by atoms with Gasteiger partial charge in [0.1, 0.15) is 4.83 Å². The highest BCUT2D eigenvalue weighted by atomic mass is 79.9. The Morgan fingerprint density at radius 2 is 2.10 bits per heavy atom. The fourth-order valence-electron chi connectivity index (χ4n) is 0.369. The SMILES string of the molecule is CC(C)OC(=O)C(Br)CBr. The van der Waals surface area contributed by atoms with Gasteiger partial charge in [0.15, 0.2) is 0 Å². The summed E-state index contributed by atoms with van der Waals surface area (Å²) in [6.07, 6.45) is -0.0356. The van der Waals surface area contributed by atoms with Gasteiger partial charge in [-0.25, -0.2) is 0 Å². The van der Waals surface area contributed by atoms with Crippen LogP contribution in [0.3, 0.4) is 0 Å². The average molecular weight is 274 g/mol. The van der Waals surface area contributed by atoms with Crippen molar-refractivity contribution in [2.45, 2.75) is 24.8 Å². The molecule has 2 nitrogen and oxygen atoms in total. The standard InChI is InChI=1S/C6H10Br2O2/c1-4(2)10-6(9)5(8)3-7/h4-5H,3H2,1-2H3. The summed E-state index contributed by atoms with van der Waals surface area (Å²) >= 11 is 6.31. The number of halogens is 2. The number of alkyl halides is 2. The summed E-state index contributed by atoms with van der Waals surface area (Å²) in [6.45, 7) is 3.65. The van der Waals surface area contributed by atoms with E-state index < -0.39 is 0 Å². The predicted molar refractivity (Wildman–Crippen MR) is 47.7 cm³/mol. The van der Waals surface area contributed by atoms with E-state index in [9.17, 15) is 4.79 Å². The molecule has 0 saturated heterocycles. The summed E-state index contributed by atoms with van der Waals surface area (Å²) in [4.78, 5) is 10.7. The van der Waals surface area contributed by atoms with Crippen molar-refractivity contribution in [3.8, 4) is 0 Å². The minimum atomic E-state index is -0.227. The van der Waals surface area contributed by atoms with E-state index >= 15 is 0 Å². The second-order valence-electron chi connectivity index (χ2n) is 2.11. The lowest BCUT2D eigenvalue weighted by atomic mass is 10.4. The van der Waals surface area contributed by atoms with Gasteiger partial charge < -0.3 is 4.74 Å². The molecule has 0 amide bonds. The van der Waals surface area contributed by atoms with Gasteiger partial charge in [0.05, 0.1) is 6.10 Å². The van der Waals surface area contributed by atoms with Gasteiger partial charge in [0.25, 0.3) is 0 Å². The molecule has 0 fully saturated rings. The fourth-order valence-corrected chi connectivity index (χ4v) is 0.741. The molecule has 0 aliphatic carbocycles. The number of carbonyl (C=O) groups excluding carboxylic acids is 1. The predicted octanol–water partition coefficient (Wildman–Crippen LogP) is 2.10. The maximum Gasteiger partial charge on any atom is 0.320 e. The Hall–Kier alpha value is 0.430. The molecule has 0 rings (SSSR count). The van der Waals surface area contributed by atoms with E-state index in [0.29, 0.717) is 5.33 Å². The van der Waals surface area contributed by atoms with Gasteiger partial charge in [-0.1, -0.05) is 31.9 Å². The first kappa shape index (κ1) is 10.4. The summed E-state index contributed by atoms with van der Waals surface area (Å²) in [5.41, 5.74) is 0. The number of esters is 1. The molecule has 0 bridgehead atoms. The molecule has 0 aromatic carbocycles. The molecular weight excluding hydrogens is 264 g/mol. The maximum absolute atomic E-state index is 10.9. The summed E-state index contributed by atoms with van der Waals surface area (Å²) < 4.78 is 4.89. The first-order valence-corrected chi connectivity index (χ1v) is 5.02. The number of carbonyl (C=O) groups is 1. The molecule has 10 heavy (non-hydrogen) atoms. The molecule has 4 heteroatoms. The van der Waals surface area contributed by atoms with E-state index in [4.69, 9.17) is 4.74 Å². The summed E-state index contributed by atoms with van der Waals surface area (Å²) in [7, 11) is 0. The van der Waals surface area contributed by atoms with Crippen LogP contribution < -0.4 is 0 Å². The topological polar surface area (TPSA) is 26.3 Å². The van der Waals surface area contributed by atoms with Gasteiger partial charge in [0.2, 0.25) is 0 Å². The van der Waals surface area contributed by atoms with E-state index in [2.05, 4.69) is 31.9 Å². The zero-order chi connectivity index (χ0) is 8.15. The van der Waals surface area contributed by atoms with Crippen LogP contribution in [-0.4, -0.2) is 22.2 Å². The van der Waals surface area contributed by atoms with Crippen LogP contribution in [0.5, 0.6) is 0 Å². The Balaban J connectivity index is 3.62. The van der Waals surface area contributed by atoms with Gasteiger partial charge in [0, 0.05) is 5.33 Å². The van der Waals surface area contributed by atoms with Gasteiger partial charge in [-0.3, -0.25) is 4.79 Å². The van der Waals surface area contributed by atoms with E-state index in [0.717, 1.165) is 0 Å². The lowest BCUT2D eigenvalue weighted by molar-refractivity contribution is -0.146. The minimum Gasteiger partial charge on any atom is -0.462 e. The molecule has 0 aromatic heterocycles. The second kappa shape index (κ2) is 5.13. The van der Waals surface area contributed by atoms with Crippen molar-refractivity contribution in [1.82, 2.24) is 0 Å². The van der Waals surface area contributed by atoms with Crippen molar-refractivity contribution in [2.24, 2.45) is 0 Å². The van der Waals surface area contributed by atoms with Crippen LogP contribution >= 0.6 is 31.9 Å². The Morgan fingerprint density at radius 3 is 2.40 bits per heavy atom.